The van der Waals surface area contributed by atoms with Crippen LogP contribution in [0.15, 0.2) is 0 Å². The van der Waals surface area contributed by atoms with E-state index in [1.165, 1.54) is 0 Å². The first-order valence-corrected chi connectivity index (χ1v) is 5.26. The monoisotopic (exact) mass is 200 g/mol. The van der Waals surface area contributed by atoms with Crippen LogP contribution in [0.2, 0.25) is 0 Å². The minimum Gasteiger partial charge on any atom is -0.379 e. The van der Waals surface area contributed by atoms with E-state index in [0.29, 0.717) is 6.61 Å². The van der Waals surface area contributed by atoms with Gasteiger partial charge in [0.15, 0.2) is 0 Å². The average Bonchev–Trinajstić information content (AvgIpc) is 2.40. The van der Waals surface area contributed by atoms with Crippen molar-refractivity contribution in [2.24, 2.45) is 0 Å². The van der Waals surface area contributed by atoms with Gasteiger partial charge >= 0.3 is 6.03 Å². The summed E-state index contributed by atoms with van der Waals surface area (Å²) >= 11 is 0. The highest BCUT2D eigenvalue weighted by Gasteiger charge is 2.23. The van der Waals surface area contributed by atoms with E-state index in [1.54, 1.807) is 4.90 Å². The van der Waals surface area contributed by atoms with Crippen LogP contribution in [0, 0.1) is 0 Å². The van der Waals surface area contributed by atoms with Crippen LogP contribution in [0.4, 0.5) is 4.79 Å². The number of carbonyl (C=O) groups excluding carboxylic acids is 1. The Labute approximate surface area is 85.8 Å². The van der Waals surface area contributed by atoms with Gasteiger partial charge in [0.1, 0.15) is 0 Å². The molecule has 4 heteroatoms. The fourth-order valence-corrected chi connectivity index (χ4v) is 1.54. The summed E-state index contributed by atoms with van der Waals surface area (Å²) in [5.41, 5.74) is 0. The van der Waals surface area contributed by atoms with Crippen molar-refractivity contribution in [2.45, 2.75) is 26.3 Å². The molecule has 0 saturated carbocycles. The molecule has 0 N–H and O–H groups in total. The smallest absolute Gasteiger partial charge is 0.320 e. The topological polar surface area (TPSA) is 32.8 Å². The molecule has 1 aliphatic rings. The molecule has 0 aliphatic carbocycles. The Morgan fingerprint density at radius 3 is 3.00 bits per heavy atom. The third kappa shape index (κ3) is 2.61. The number of amides is 2. The number of hydrogen-bond donors (Lipinski definition) is 0. The second-order valence-corrected chi connectivity index (χ2v) is 3.77. The zero-order valence-electron chi connectivity index (χ0n) is 9.32. The molecule has 1 atom stereocenters. The van der Waals surface area contributed by atoms with Gasteiger partial charge in [-0.3, -0.25) is 0 Å². The molecule has 0 spiro atoms. The van der Waals surface area contributed by atoms with Crippen molar-refractivity contribution in [1.82, 2.24) is 9.80 Å². The molecular formula is C10H20N2O2. The highest BCUT2D eigenvalue weighted by molar-refractivity contribution is 5.74. The van der Waals surface area contributed by atoms with Crippen LogP contribution in [-0.2, 0) is 4.74 Å². The first-order valence-electron chi connectivity index (χ1n) is 5.26. The molecule has 1 saturated heterocycles. The van der Waals surface area contributed by atoms with Crippen LogP contribution in [0.25, 0.3) is 0 Å². The van der Waals surface area contributed by atoms with Gasteiger partial charge in [0.2, 0.25) is 0 Å². The minimum absolute atomic E-state index is 0.116. The molecule has 0 aromatic carbocycles. The van der Waals surface area contributed by atoms with Gasteiger partial charge in [0, 0.05) is 26.7 Å². The fraction of sp³-hybridized carbons (Fsp3) is 0.900. The standard InChI is InChI=1S/C10H20N2O2/c1-4-11(3)10(13)12-6-5-7-14-8-9(12)2/h9H,4-8H2,1-3H3. The Balaban J connectivity index is 2.58. The Morgan fingerprint density at radius 2 is 2.36 bits per heavy atom. The molecule has 1 aliphatic heterocycles. The molecule has 1 rings (SSSR count). The number of nitrogens with zero attached hydrogens (tertiary/aromatic N) is 2. The van der Waals surface area contributed by atoms with Gasteiger partial charge in [-0.2, -0.15) is 0 Å². The molecule has 2 amide bonds. The maximum atomic E-state index is 11.9. The van der Waals surface area contributed by atoms with Gasteiger partial charge in [-0.05, 0) is 20.3 Å². The lowest BCUT2D eigenvalue weighted by Gasteiger charge is -2.30. The first-order chi connectivity index (χ1) is 6.66. The van der Waals surface area contributed by atoms with E-state index in [1.807, 2.05) is 25.8 Å². The maximum Gasteiger partial charge on any atom is 0.320 e. The second-order valence-electron chi connectivity index (χ2n) is 3.77. The molecule has 1 unspecified atom stereocenters. The van der Waals surface area contributed by atoms with Gasteiger partial charge in [0.25, 0.3) is 0 Å². The Morgan fingerprint density at radius 1 is 1.64 bits per heavy atom. The van der Waals surface area contributed by atoms with Crippen molar-refractivity contribution >= 4 is 6.03 Å². The normalized spacial score (nSPS) is 23.1. The zero-order valence-corrected chi connectivity index (χ0v) is 9.32. The van der Waals surface area contributed by atoms with E-state index >= 15 is 0 Å². The molecule has 82 valence electrons. The van der Waals surface area contributed by atoms with E-state index in [-0.39, 0.29) is 12.1 Å². The lowest BCUT2D eigenvalue weighted by atomic mass is 10.3. The molecule has 1 fully saturated rings. The van der Waals surface area contributed by atoms with E-state index in [9.17, 15) is 4.79 Å². The summed E-state index contributed by atoms with van der Waals surface area (Å²) in [4.78, 5) is 15.5. The largest absolute Gasteiger partial charge is 0.379 e. The van der Waals surface area contributed by atoms with Gasteiger partial charge in [0.05, 0.1) is 12.6 Å². The van der Waals surface area contributed by atoms with Crippen molar-refractivity contribution in [2.75, 3.05) is 33.4 Å². The summed E-state index contributed by atoms with van der Waals surface area (Å²) in [6.45, 7) is 7.00. The highest BCUT2D eigenvalue weighted by atomic mass is 16.5. The summed E-state index contributed by atoms with van der Waals surface area (Å²) in [6.07, 6.45) is 0.938. The summed E-state index contributed by atoms with van der Waals surface area (Å²) in [5.74, 6) is 0. The molecule has 14 heavy (non-hydrogen) atoms. The molecule has 1 heterocycles. The lowest BCUT2D eigenvalue weighted by Crippen LogP contribution is -2.46. The quantitative estimate of drug-likeness (QED) is 0.636. The number of rotatable bonds is 1. The molecule has 0 radical (unpaired) electrons. The lowest BCUT2D eigenvalue weighted by molar-refractivity contribution is 0.105. The third-order valence-electron chi connectivity index (χ3n) is 2.63. The Hall–Kier alpha value is -0.770. The number of carbonyl (C=O) groups is 1. The predicted octanol–water partition coefficient (Wildman–Crippen LogP) is 1.17. The van der Waals surface area contributed by atoms with Gasteiger partial charge in [-0.25, -0.2) is 4.79 Å². The van der Waals surface area contributed by atoms with Crippen molar-refractivity contribution in [3.05, 3.63) is 0 Å². The average molecular weight is 200 g/mol. The molecule has 4 nitrogen and oxygen atoms in total. The minimum atomic E-state index is 0.116. The van der Waals surface area contributed by atoms with Crippen LogP contribution in [0.5, 0.6) is 0 Å². The molecule has 0 bridgehead atoms. The van der Waals surface area contributed by atoms with Crippen LogP contribution in [-0.4, -0.2) is 55.2 Å². The summed E-state index contributed by atoms with van der Waals surface area (Å²) in [6, 6.07) is 0.310. The Bertz CT molecular complexity index is 197. The molecular weight excluding hydrogens is 180 g/mol. The fourth-order valence-electron chi connectivity index (χ4n) is 1.54. The third-order valence-corrected chi connectivity index (χ3v) is 2.63. The number of hydrogen-bond acceptors (Lipinski definition) is 2. The van der Waals surface area contributed by atoms with Gasteiger partial charge in [-0.15, -0.1) is 0 Å². The van der Waals surface area contributed by atoms with Crippen molar-refractivity contribution in [3.8, 4) is 0 Å². The van der Waals surface area contributed by atoms with Crippen LogP contribution in [0.1, 0.15) is 20.3 Å². The van der Waals surface area contributed by atoms with Crippen molar-refractivity contribution in [1.29, 1.82) is 0 Å². The van der Waals surface area contributed by atoms with Crippen LogP contribution >= 0.6 is 0 Å². The van der Waals surface area contributed by atoms with E-state index in [4.69, 9.17) is 4.74 Å². The SMILES string of the molecule is CCN(C)C(=O)N1CCCOCC1C. The maximum absolute atomic E-state index is 11.9. The number of urea groups is 1. The molecule has 0 aromatic heterocycles. The van der Waals surface area contributed by atoms with E-state index in [0.717, 1.165) is 26.1 Å². The van der Waals surface area contributed by atoms with E-state index < -0.39 is 0 Å². The van der Waals surface area contributed by atoms with Crippen molar-refractivity contribution in [3.63, 3.8) is 0 Å². The summed E-state index contributed by atoms with van der Waals surface area (Å²) in [7, 11) is 1.83. The van der Waals surface area contributed by atoms with Gasteiger partial charge in [-0.1, -0.05) is 0 Å². The zero-order chi connectivity index (χ0) is 10.6. The van der Waals surface area contributed by atoms with Crippen LogP contribution < -0.4 is 0 Å². The first kappa shape index (κ1) is 11.3. The van der Waals surface area contributed by atoms with Crippen molar-refractivity contribution < 1.29 is 9.53 Å². The Kier molecular flexibility index (Phi) is 4.20. The summed E-state index contributed by atoms with van der Waals surface area (Å²) < 4.78 is 5.39. The second kappa shape index (κ2) is 5.20. The van der Waals surface area contributed by atoms with Gasteiger partial charge < -0.3 is 14.5 Å². The van der Waals surface area contributed by atoms with Crippen LogP contribution in [0.3, 0.4) is 0 Å². The number of ether oxygens (including phenoxy) is 1. The molecule has 0 aromatic rings. The highest BCUT2D eigenvalue weighted by Crippen LogP contribution is 2.09. The predicted molar refractivity (Wildman–Crippen MR) is 55.3 cm³/mol. The summed E-state index contributed by atoms with van der Waals surface area (Å²) in [5, 5.41) is 0. The van der Waals surface area contributed by atoms with E-state index in [2.05, 4.69) is 0 Å².